The Morgan fingerprint density at radius 3 is 2.36 bits per heavy atom. The second-order valence-corrected chi connectivity index (χ2v) is 6.44. The van der Waals surface area contributed by atoms with Crippen LogP contribution in [0.25, 0.3) is 10.8 Å². The monoisotopic (exact) mass is 361 g/mol. The van der Waals surface area contributed by atoms with Crippen LogP contribution in [0.3, 0.4) is 0 Å². The van der Waals surface area contributed by atoms with Crippen molar-refractivity contribution in [3.05, 3.63) is 46.4 Å². The van der Waals surface area contributed by atoms with Crippen LogP contribution in [0.4, 0.5) is 0 Å². The molecule has 0 heterocycles. The fourth-order valence-corrected chi connectivity index (χ4v) is 3.04. The standard InChI is InChI=1S/C18H20BrNO2/c1-4-11(2)17(12(3)21)20-18(22)15-9-10-16(19)14-8-6-5-7-13(14)15/h5-11,17H,4H2,1-3H3,(H,20,22)/t11?,17-/m0/s1. The number of benzene rings is 2. The van der Waals surface area contributed by atoms with Crippen molar-refractivity contribution >= 4 is 38.4 Å². The molecule has 0 aliphatic heterocycles. The topological polar surface area (TPSA) is 46.2 Å². The van der Waals surface area contributed by atoms with Gasteiger partial charge in [0.1, 0.15) is 0 Å². The van der Waals surface area contributed by atoms with Crippen molar-refractivity contribution in [1.82, 2.24) is 5.32 Å². The predicted molar refractivity (Wildman–Crippen MR) is 93.0 cm³/mol. The summed E-state index contributed by atoms with van der Waals surface area (Å²) >= 11 is 3.50. The molecule has 0 bridgehead atoms. The Labute approximate surface area is 139 Å². The molecular formula is C18H20BrNO2. The van der Waals surface area contributed by atoms with Crippen LogP contribution in [0.2, 0.25) is 0 Å². The minimum absolute atomic E-state index is 0.0101. The number of nitrogens with one attached hydrogen (secondary N) is 1. The van der Waals surface area contributed by atoms with Gasteiger partial charge in [0.05, 0.1) is 6.04 Å². The molecule has 1 N–H and O–H groups in total. The molecule has 2 aromatic rings. The van der Waals surface area contributed by atoms with Crippen LogP contribution in [0.15, 0.2) is 40.9 Å². The molecule has 0 aromatic heterocycles. The highest BCUT2D eigenvalue weighted by molar-refractivity contribution is 9.10. The summed E-state index contributed by atoms with van der Waals surface area (Å²) in [6.45, 7) is 5.52. The van der Waals surface area contributed by atoms with Gasteiger partial charge in [-0.1, -0.05) is 60.5 Å². The summed E-state index contributed by atoms with van der Waals surface area (Å²) in [5, 5.41) is 4.75. The zero-order valence-corrected chi connectivity index (χ0v) is 14.6. The van der Waals surface area contributed by atoms with Crippen molar-refractivity contribution in [2.75, 3.05) is 0 Å². The molecule has 0 aliphatic rings. The van der Waals surface area contributed by atoms with Gasteiger partial charge in [0, 0.05) is 10.0 Å². The number of carbonyl (C=O) groups is 2. The van der Waals surface area contributed by atoms with E-state index in [1.807, 2.05) is 44.2 Å². The van der Waals surface area contributed by atoms with Crippen molar-refractivity contribution < 1.29 is 9.59 Å². The van der Waals surface area contributed by atoms with Gasteiger partial charge in [-0.25, -0.2) is 0 Å². The van der Waals surface area contributed by atoms with Gasteiger partial charge in [0.25, 0.3) is 5.91 Å². The normalized spacial score (nSPS) is 13.6. The first kappa shape index (κ1) is 16.7. The summed E-state index contributed by atoms with van der Waals surface area (Å²) in [6.07, 6.45) is 0.839. The highest BCUT2D eigenvalue weighted by Gasteiger charge is 2.23. The van der Waals surface area contributed by atoms with E-state index in [1.54, 1.807) is 6.07 Å². The number of carbonyl (C=O) groups excluding carboxylic acids is 2. The largest absolute Gasteiger partial charge is 0.342 e. The van der Waals surface area contributed by atoms with Gasteiger partial charge in [-0.2, -0.15) is 0 Å². The molecule has 2 rings (SSSR count). The molecule has 0 spiro atoms. The number of hydrogen-bond donors (Lipinski definition) is 1. The van der Waals surface area contributed by atoms with Gasteiger partial charge in [-0.15, -0.1) is 0 Å². The Kier molecular flexibility index (Phi) is 5.35. The molecule has 0 saturated heterocycles. The number of ketones is 1. The highest BCUT2D eigenvalue weighted by Crippen LogP contribution is 2.27. The lowest BCUT2D eigenvalue weighted by Gasteiger charge is -2.22. The number of halogens is 1. The van der Waals surface area contributed by atoms with E-state index in [0.717, 1.165) is 21.7 Å². The molecule has 4 heteroatoms. The summed E-state index contributed by atoms with van der Waals surface area (Å²) in [5.41, 5.74) is 0.591. The summed E-state index contributed by atoms with van der Waals surface area (Å²) < 4.78 is 0.949. The fraction of sp³-hybridized carbons (Fsp3) is 0.333. The quantitative estimate of drug-likeness (QED) is 0.860. The number of hydrogen-bond acceptors (Lipinski definition) is 2. The third-order valence-corrected chi connectivity index (χ3v) is 4.74. The van der Waals surface area contributed by atoms with E-state index >= 15 is 0 Å². The van der Waals surface area contributed by atoms with Crippen LogP contribution in [-0.2, 0) is 4.79 Å². The second-order valence-electron chi connectivity index (χ2n) is 5.59. The van der Waals surface area contributed by atoms with E-state index in [-0.39, 0.29) is 17.6 Å². The van der Waals surface area contributed by atoms with E-state index in [1.165, 1.54) is 6.92 Å². The second kappa shape index (κ2) is 7.05. The van der Waals surface area contributed by atoms with Crippen LogP contribution in [0.5, 0.6) is 0 Å². The molecule has 1 unspecified atom stereocenters. The Morgan fingerprint density at radius 1 is 1.14 bits per heavy atom. The minimum Gasteiger partial charge on any atom is -0.342 e. The van der Waals surface area contributed by atoms with Crippen LogP contribution >= 0.6 is 15.9 Å². The Hall–Kier alpha value is -1.68. The van der Waals surface area contributed by atoms with Crippen LogP contribution in [0, 0.1) is 5.92 Å². The first-order valence-electron chi connectivity index (χ1n) is 7.44. The van der Waals surface area contributed by atoms with E-state index in [2.05, 4.69) is 21.2 Å². The molecule has 1 amide bonds. The van der Waals surface area contributed by atoms with E-state index in [4.69, 9.17) is 0 Å². The van der Waals surface area contributed by atoms with E-state index in [9.17, 15) is 9.59 Å². The SMILES string of the molecule is CCC(C)[C@H](NC(=O)c1ccc(Br)c2ccccc12)C(C)=O. The van der Waals surface area contributed by atoms with Crippen molar-refractivity contribution in [1.29, 1.82) is 0 Å². The third-order valence-electron chi connectivity index (χ3n) is 4.05. The van der Waals surface area contributed by atoms with Gasteiger partial charge in [-0.3, -0.25) is 9.59 Å². The van der Waals surface area contributed by atoms with Gasteiger partial charge in [-0.05, 0) is 35.7 Å². The number of fused-ring (bicyclic) bond motifs is 1. The number of amides is 1. The van der Waals surface area contributed by atoms with Crippen molar-refractivity contribution in [3.63, 3.8) is 0 Å². The van der Waals surface area contributed by atoms with Crippen LogP contribution < -0.4 is 5.32 Å². The Morgan fingerprint density at radius 2 is 1.77 bits per heavy atom. The van der Waals surface area contributed by atoms with E-state index in [0.29, 0.717) is 5.56 Å². The highest BCUT2D eigenvalue weighted by atomic mass is 79.9. The molecule has 116 valence electrons. The summed E-state index contributed by atoms with van der Waals surface area (Å²) in [7, 11) is 0. The average molecular weight is 362 g/mol. The number of rotatable bonds is 5. The summed E-state index contributed by atoms with van der Waals surface area (Å²) in [6, 6.07) is 10.9. The van der Waals surface area contributed by atoms with Gasteiger partial charge in [0.15, 0.2) is 5.78 Å². The molecule has 0 fully saturated rings. The van der Waals surface area contributed by atoms with Crippen LogP contribution in [0.1, 0.15) is 37.6 Å². The van der Waals surface area contributed by atoms with Crippen LogP contribution in [-0.4, -0.2) is 17.7 Å². The van der Waals surface area contributed by atoms with Gasteiger partial charge < -0.3 is 5.32 Å². The minimum atomic E-state index is -0.445. The lowest BCUT2D eigenvalue weighted by Crippen LogP contribution is -2.44. The maximum Gasteiger partial charge on any atom is 0.252 e. The van der Waals surface area contributed by atoms with Gasteiger partial charge >= 0.3 is 0 Å². The Balaban J connectivity index is 2.38. The summed E-state index contributed by atoms with van der Waals surface area (Å²) in [4.78, 5) is 24.4. The molecule has 0 saturated carbocycles. The molecule has 2 aromatic carbocycles. The smallest absolute Gasteiger partial charge is 0.252 e. The van der Waals surface area contributed by atoms with Crippen molar-refractivity contribution in [2.24, 2.45) is 5.92 Å². The zero-order chi connectivity index (χ0) is 16.3. The Bertz CT molecular complexity index is 711. The zero-order valence-electron chi connectivity index (χ0n) is 13.0. The first-order valence-corrected chi connectivity index (χ1v) is 8.23. The number of Topliss-reactive ketones (excluding diaryl/α,β-unsaturated/α-hetero) is 1. The predicted octanol–water partition coefficient (Wildman–Crippen LogP) is 4.34. The maximum absolute atomic E-state index is 12.6. The molecule has 0 aliphatic carbocycles. The molecule has 0 radical (unpaired) electrons. The van der Waals surface area contributed by atoms with Crippen molar-refractivity contribution in [3.8, 4) is 0 Å². The van der Waals surface area contributed by atoms with Gasteiger partial charge in [0.2, 0.25) is 0 Å². The maximum atomic E-state index is 12.6. The summed E-state index contributed by atoms with van der Waals surface area (Å²) in [5.74, 6) is -0.100. The van der Waals surface area contributed by atoms with E-state index < -0.39 is 6.04 Å². The molecular weight excluding hydrogens is 342 g/mol. The lowest BCUT2D eigenvalue weighted by atomic mass is 9.95. The van der Waals surface area contributed by atoms with Crippen molar-refractivity contribution in [2.45, 2.75) is 33.2 Å². The molecule has 3 nitrogen and oxygen atoms in total. The third kappa shape index (κ3) is 3.38. The lowest BCUT2D eigenvalue weighted by molar-refractivity contribution is -0.119. The first-order chi connectivity index (χ1) is 10.5. The molecule has 2 atom stereocenters. The molecule has 22 heavy (non-hydrogen) atoms. The average Bonchev–Trinajstić information content (AvgIpc) is 2.52. The fourth-order valence-electron chi connectivity index (χ4n) is 2.56.